The molecule has 0 saturated carbocycles. The van der Waals surface area contributed by atoms with Crippen molar-refractivity contribution in [1.29, 1.82) is 0 Å². The van der Waals surface area contributed by atoms with Crippen LogP contribution in [-0.2, 0) is 37.4 Å². The first-order valence-electron chi connectivity index (χ1n) is 18.1. The lowest BCUT2D eigenvalue weighted by molar-refractivity contribution is 0.210. The van der Waals surface area contributed by atoms with Gasteiger partial charge in [0, 0.05) is 12.5 Å². The number of aryl methyl sites for hydroxylation is 1. The first kappa shape index (κ1) is 40.2. The summed E-state index contributed by atoms with van der Waals surface area (Å²) in [5.41, 5.74) is 10.7. The van der Waals surface area contributed by atoms with Gasteiger partial charge < -0.3 is 4.74 Å². The number of allylic oxidation sites excluding steroid dienone is 1. The third kappa shape index (κ3) is 12.0. The summed E-state index contributed by atoms with van der Waals surface area (Å²) in [5, 5.41) is 2.12. The molecule has 0 radical (unpaired) electrons. The maximum absolute atomic E-state index is 12.3. The number of rotatable bonds is 17. The van der Waals surface area contributed by atoms with E-state index in [2.05, 4.69) is 73.9 Å². The zero-order valence-corrected chi connectivity index (χ0v) is 32.0. The van der Waals surface area contributed by atoms with Gasteiger partial charge in [-0.2, -0.15) is 26.6 Å². The van der Waals surface area contributed by atoms with Crippen molar-refractivity contribution in [2.45, 2.75) is 84.5 Å². The molecule has 10 heteroatoms. The van der Waals surface area contributed by atoms with Crippen molar-refractivity contribution in [1.82, 2.24) is 5.48 Å². The lowest BCUT2D eigenvalue weighted by Crippen LogP contribution is -2.22. The van der Waals surface area contributed by atoms with Gasteiger partial charge in [-0.15, -0.1) is 0 Å². The van der Waals surface area contributed by atoms with Crippen molar-refractivity contribution >= 4 is 37.1 Å². The molecule has 2 N–H and O–H groups in total. The van der Waals surface area contributed by atoms with E-state index in [1.165, 1.54) is 29.5 Å². The summed E-state index contributed by atoms with van der Waals surface area (Å²) < 4.78 is 66.9. The number of fused-ring (bicyclic) bond motifs is 2. The molecule has 4 aromatic rings. The molecule has 0 spiro atoms. The molecule has 1 aliphatic rings. The Bertz CT molecular complexity index is 1970. The Hall–Kier alpha value is -3.54. The third-order valence-corrected chi connectivity index (χ3v) is 11.2. The maximum Gasteiger partial charge on any atom is 0.283 e. The number of ether oxygens (including phenoxy) is 1. The number of nitrogens with one attached hydrogen (secondary N) is 1. The molecule has 0 saturated heterocycles. The Balaban J connectivity index is 0.00000138. The zero-order chi connectivity index (χ0) is 36.9. The quantitative estimate of drug-likeness (QED) is 0.0626. The fourth-order valence-electron chi connectivity index (χ4n) is 6.46. The van der Waals surface area contributed by atoms with Gasteiger partial charge in [0.25, 0.3) is 20.2 Å². The lowest BCUT2D eigenvalue weighted by Gasteiger charge is -2.17. The monoisotopic (exact) mass is 735 g/mol. The molecule has 1 atom stereocenters. The molecule has 5 rings (SSSR count). The van der Waals surface area contributed by atoms with Crippen LogP contribution >= 0.6 is 0 Å². The van der Waals surface area contributed by atoms with Gasteiger partial charge in [0.2, 0.25) is 0 Å². The number of hydroxylamine groups is 1. The minimum Gasteiger partial charge on any atom is -0.497 e. The molecular formula is C41H53NO7S2. The fourth-order valence-corrected chi connectivity index (χ4v) is 7.97. The highest BCUT2D eigenvalue weighted by atomic mass is 32.2. The minimum absolute atomic E-state index is 0.0511. The fraction of sp³-hybridized carbons (Fsp3) is 0.415. The smallest absolute Gasteiger partial charge is 0.283 e. The van der Waals surface area contributed by atoms with E-state index in [0.717, 1.165) is 51.6 Å². The first-order chi connectivity index (χ1) is 24.5. The molecule has 4 aromatic carbocycles. The summed E-state index contributed by atoms with van der Waals surface area (Å²) in [7, 11) is -6.03. The van der Waals surface area contributed by atoms with Crippen molar-refractivity contribution in [2.75, 3.05) is 25.2 Å². The Morgan fingerprint density at radius 2 is 1.57 bits per heavy atom. The summed E-state index contributed by atoms with van der Waals surface area (Å²) in [6, 6.07) is 27.2. The Labute approximate surface area is 305 Å². The van der Waals surface area contributed by atoms with Gasteiger partial charge in [-0.05, 0) is 94.8 Å². The van der Waals surface area contributed by atoms with Crippen LogP contribution in [0.15, 0.2) is 84.4 Å². The van der Waals surface area contributed by atoms with E-state index in [1.54, 1.807) is 14.0 Å². The lowest BCUT2D eigenvalue weighted by atomic mass is 9.88. The molecule has 0 heterocycles. The van der Waals surface area contributed by atoms with Crippen LogP contribution in [0.2, 0.25) is 0 Å². The van der Waals surface area contributed by atoms with Crippen LogP contribution in [0.3, 0.4) is 0 Å². The van der Waals surface area contributed by atoms with Gasteiger partial charge in [-0.25, -0.2) is 0 Å². The molecule has 0 amide bonds. The molecule has 276 valence electrons. The summed E-state index contributed by atoms with van der Waals surface area (Å²) in [5.74, 6) is 0.562. The van der Waals surface area contributed by atoms with Crippen LogP contribution in [0, 0.1) is 0 Å². The number of hydrogen-bond donors (Lipinski definition) is 2. The average Bonchev–Trinajstić information content (AvgIpc) is 3.47. The summed E-state index contributed by atoms with van der Waals surface area (Å²) in [6.07, 6.45) is 9.32. The maximum atomic E-state index is 12.3. The highest BCUT2D eigenvalue weighted by Crippen LogP contribution is 2.44. The van der Waals surface area contributed by atoms with E-state index < -0.39 is 20.2 Å². The van der Waals surface area contributed by atoms with E-state index >= 15 is 0 Å². The van der Waals surface area contributed by atoms with Crippen molar-refractivity contribution < 1.29 is 30.4 Å². The van der Waals surface area contributed by atoms with Gasteiger partial charge in [0.1, 0.15) is 5.75 Å². The summed E-state index contributed by atoms with van der Waals surface area (Å²) >= 11 is 0. The number of hydrogen-bond acceptors (Lipinski definition) is 7. The molecule has 8 nitrogen and oxygen atoms in total. The van der Waals surface area contributed by atoms with E-state index in [4.69, 9.17) is 9.02 Å². The van der Waals surface area contributed by atoms with Crippen LogP contribution in [0.5, 0.6) is 5.75 Å². The van der Waals surface area contributed by atoms with E-state index in [-0.39, 0.29) is 17.4 Å². The van der Waals surface area contributed by atoms with Crippen molar-refractivity contribution in [3.05, 3.63) is 107 Å². The van der Waals surface area contributed by atoms with Crippen LogP contribution in [0.1, 0.15) is 93.9 Å². The van der Waals surface area contributed by atoms with E-state index in [0.29, 0.717) is 38.6 Å². The Morgan fingerprint density at radius 1 is 0.824 bits per heavy atom. The Morgan fingerprint density at radius 3 is 2.25 bits per heavy atom. The SMILES string of the molecule is CCCC.CCNOS(=O)(=O)CCCCC1/C(=C/c2ccc3cc(OC)ccc3c2CCCCS(=O)(=O)O)Cc2ccc(-c3ccccc3)cc21. The average molecular weight is 736 g/mol. The standard InChI is InChI=1S/C37H43NO7S2.C4H10/c1-3-38-45-47(42,43)22-10-8-14-35-32(24-30-16-15-28(26-37(30)35)27-11-5-4-6-12-27)23-29-17-18-31-25-33(44-2)19-20-36(31)34(29)13-7-9-21-46(39,40)41;1-3-4-2/h4-6,11-12,15-20,23,25-26,35,38H,3,7-10,13-14,21-22,24H2,1-2H3,(H,39,40,41);3-4H2,1-2H3/b32-23+;. The van der Waals surface area contributed by atoms with Crippen LogP contribution in [-0.4, -0.2) is 46.5 Å². The first-order valence-corrected chi connectivity index (χ1v) is 21.2. The van der Waals surface area contributed by atoms with Gasteiger partial charge in [-0.1, -0.05) is 118 Å². The largest absolute Gasteiger partial charge is 0.497 e. The minimum atomic E-state index is -4.02. The van der Waals surface area contributed by atoms with E-state index in [1.807, 2.05) is 30.3 Å². The summed E-state index contributed by atoms with van der Waals surface area (Å²) in [6.45, 7) is 6.54. The molecule has 1 aliphatic carbocycles. The highest BCUT2D eigenvalue weighted by Gasteiger charge is 2.28. The predicted molar refractivity (Wildman–Crippen MR) is 209 cm³/mol. The molecule has 0 fully saturated rings. The van der Waals surface area contributed by atoms with Crippen molar-refractivity contribution in [3.8, 4) is 16.9 Å². The normalized spacial score (nSPS) is 15.1. The molecule has 0 bridgehead atoms. The Kier molecular flexibility index (Phi) is 15.3. The molecule has 1 unspecified atom stereocenters. The summed E-state index contributed by atoms with van der Waals surface area (Å²) in [4.78, 5) is 0. The van der Waals surface area contributed by atoms with Crippen molar-refractivity contribution in [3.63, 3.8) is 0 Å². The molecule has 51 heavy (non-hydrogen) atoms. The predicted octanol–water partition coefficient (Wildman–Crippen LogP) is 9.30. The second-order valence-corrected chi connectivity index (χ2v) is 16.3. The molecular weight excluding hydrogens is 683 g/mol. The third-order valence-electron chi connectivity index (χ3n) is 9.23. The molecule has 0 aromatic heterocycles. The van der Waals surface area contributed by atoms with Crippen molar-refractivity contribution in [2.24, 2.45) is 0 Å². The van der Waals surface area contributed by atoms with Crippen LogP contribution < -0.4 is 10.2 Å². The van der Waals surface area contributed by atoms with Gasteiger partial charge in [-0.3, -0.25) is 4.55 Å². The van der Waals surface area contributed by atoms with Crippen LogP contribution in [0.4, 0.5) is 0 Å². The highest BCUT2D eigenvalue weighted by molar-refractivity contribution is 7.86. The second kappa shape index (κ2) is 19.3. The van der Waals surface area contributed by atoms with Gasteiger partial charge in [0.05, 0.1) is 18.6 Å². The number of unbranched alkanes of at least 4 members (excludes halogenated alkanes) is 3. The van der Waals surface area contributed by atoms with Gasteiger partial charge >= 0.3 is 0 Å². The second-order valence-electron chi connectivity index (χ2n) is 13.0. The number of benzene rings is 4. The zero-order valence-electron chi connectivity index (χ0n) is 30.4. The molecule has 0 aliphatic heterocycles. The number of methoxy groups -OCH3 is 1. The topological polar surface area (TPSA) is 119 Å². The van der Waals surface area contributed by atoms with Crippen LogP contribution in [0.25, 0.3) is 28.0 Å². The van der Waals surface area contributed by atoms with Gasteiger partial charge in [0.15, 0.2) is 0 Å². The van der Waals surface area contributed by atoms with E-state index in [9.17, 15) is 21.4 Å².